The topological polar surface area (TPSA) is 46.2 Å². The molecule has 0 aromatic heterocycles. The van der Waals surface area contributed by atoms with E-state index in [1.54, 1.807) is 25.2 Å². The molecule has 2 rings (SSSR count). The maximum Gasteiger partial charge on any atom is 0.180 e. The molecule has 1 N–H and O–H groups in total. The largest absolute Gasteiger partial charge is 0.312 e. The van der Waals surface area contributed by atoms with Crippen LogP contribution in [0.15, 0.2) is 53.4 Å². The molecule has 1 unspecified atom stereocenters. The molecule has 0 radical (unpaired) electrons. The summed E-state index contributed by atoms with van der Waals surface area (Å²) in [5.41, 5.74) is 2.10. The molecule has 0 saturated heterocycles. The van der Waals surface area contributed by atoms with Crippen LogP contribution in [0.25, 0.3) is 0 Å². The fourth-order valence-electron chi connectivity index (χ4n) is 2.12. The third kappa shape index (κ3) is 4.06. The van der Waals surface area contributed by atoms with Crippen molar-refractivity contribution in [3.63, 3.8) is 0 Å². The highest BCUT2D eigenvalue weighted by Gasteiger charge is 2.21. The van der Waals surface area contributed by atoms with Gasteiger partial charge in [-0.25, -0.2) is 8.42 Å². The smallest absolute Gasteiger partial charge is 0.180 e. The van der Waals surface area contributed by atoms with Crippen molar-refractivity contribution in [1.29, 1.82) is 0 Å². The van der Waals surface area contributed by atoms with E-state index in [0.29, 0.717) is 5.02 Å². The Morgan fingerprint density at radius 1 is 1.14 bits per heavy atom. The van der Waals surface area contributed by atoms with Gasteiger partial charge in [0.15, 0.2) is 9.84 Å². The molecule has 2 aromatic carbocycles. The molecule has 0 saturated carbocycles. The van der Waals surface area contributed by atoms with E-state index in [1.807, 2.05) is 31.2 Å². The molecule has 0 aliphatic heterocycles. The molecule has 0 fully saturated rings. The van der Waals surface area contributed by atoms with Gasteiger partial charge in [0.25, 0.3) is 0 Å². The Morgan fingerprint density at radius 2 is 1.81 bits per heavy atom. The number of halogens is 1. The van der Waals surface area contributed by atoms with Gasteiger partial charge in [-0.1, -0.05) is 47.5 Å². The van der Waals surface area contributed by atoms with Gasteiger partial charge in [-0.05, 0) is 37.7 Å². The van der Waals surface area contributed by atoms with Crippen molar-refractivity contribution in [1.82, 2.24) is 5.32 Å². The van der Waals surface area contributed by atoms with Gasteiger partial charge in [0.2, 0.25) is 0 Å². The van der Waals surface area contributed by atoms with E-state index in [-0.39, 0.29) is 16.7 Å². The molecule has 0 aliphatic rings. The number of hydrogen-bond acceptors (Lipinski definition) is 3. The second-order valence-corrected chi connectivity index (χ2v) is 7.46. The van der Waals surface area contributed by atoms with Crippen molar-refractivity contribution < 1.29 is 8.42 Å². The lowest BCUT2D eigenvalue weighted by molar-refractivity contribution is 0.574. The number of hydrogen-bond donors (Lipinski definition) is 1. The maximum atomic E-state index is 12.5. The molecule has 0 spiro atoms. The van der Waals surface area contributed by atoms with Gasteiger partial charge in [0, 0.05) is 11.1 Å². The van der Waals surface area contributed by atoms with Gasteiger partial charge < -0.3 is 5.32 Å². The monoisotopic (exact) mass is 323 g/mol. The summed E-state index contributed by atoms with van der Waals surface area (Å²) < 4.78 is 25.0. The third-order valence-electron chi connectivity index (χ3n) is 3.37. The number of benzene rings is 2. The number of nitrogens with one attached hydrogen (secondary N) is 1. The lowest BCUT2D eigenvalue weighted by Crippen LogP contribution is -2.25. The first-order valence-electron chi connectivity index (χ1n) is 6.64. The van der Waals surface area contributed by atoms with E-state index in [9.17, 15) is 8.42 Å². The molecule has 0 amide bonds. The van der Waals surface area contributed by atoms with Gasteiger partial charge in [-0.15, -0.1) is 0 Å². The summed E-state index contributed by atoms with van der Waals surface area (Å²) in [5.74, 6) is -0.00704. The Morgan fingerprint density at radius 3 is 2.38 bits per heavy atom. The van der Waals surface area contributed by atoms with Crippen molar-refractivity contribution in [3.05, 3.63) is 64.7 Å². The lowest BCUT2D eigenvalue weighted by Gasteiger charge is -2.17. The van der Waals surface area contributed by atoms with Crippen molar-refractivity contribution in [2.24, 2.45) is 0 Å². The van der Waals surface area contributed by atoms with Gasteiger partial charge >= 0.3 is 0 Å². The van der Waals surface area contributed by atoms with Gasteiger partial charge in [0.05, 0.1) is 10.6 Å². The SMILES string of the molecule is CNC(CS(=O)(=O)c1cccc(Cl)c1)c1ccc(C)cc1. The van der Waals surface area contributed by atoms with Crippen LogP contribution in [0.3, 0.4) is 0 Å². The zero-order valence-corrected chi connectivity index (χ0v) is 13.6. The Hall–Kier alpha value is -1.36. The molecular formula is C16H18ClNO2S. The minimum atomic E-state index is -3.40. The minimum absolute atomic E-state index is 0.00704. The van der Waals surface area contributed by atoms with Crippen LogP contribution in [0.1, 0.15) is 17.2 Å². The first-order chi connectivity index (χ1) is 9.92. The van der Waals surface area contributed by atoms with Gasteiger partial charge in [0.1, 0.15) is 0 Å². The number of rotatable bonds is 5. The predicted molar refractivity (Wildman–Crippen MR) is 86.5 cm³/mol. The van der Waals surface area contributed by atoms with Crippen molar-refractivity contribution in [2.75, 3.05) is 12.8 Å². The van der Waals surface area contributed by atoms with Crippen molar-refractivity contribution in [3.8, 4) is 0 Å². The van der Waals surface area contributed by atoms with E-state index >= 15 is 0 Å². The zero-order valence-electron chi connectivity index (χ0n) is 12.0. The summed E-state index contributed by atoms with van der Waals surface area (Å²) in [6, 6.07) is 14.0. The standard InChI is InChI=1S/C16H18ClNO2S/c1-12-6-8-13(9-7-12)16(18-2)11-21(19,20)15-5-3-4-14(17)10-15/h3-10,16,18H,11H2,1-2H3. The summed E-state index contributed by atoms with van der Waals surface area (Å²) in [4.78, 5) is 0.252. The molecule has 112 valence electrons. The maximum absolute atomic E-state index is 12.5. The first-order valence-corrected chi connectivity index (χ1v) is 8.67. The second kappa shape index (κ2) is 6.60. The number of sulfone groups is 1. The van der Waals surface area contributed by atoms with Crippen LogP contribution in [0, 0.1) is 6.92 Å². The highest BCUT2D eigenvalue weighted by molar-refractivity contribution is 7.91. The van der Waals surface area contributed by atoms with Crippen LogP contribution >= 0.6 is 11.6 Å². The highest BCUT2D eigenvalue weighted by atomic mass is 35.5. The second-order valence-electron chi connectivity index (χ2n) is 4.99. The van der Waals surface area contributed by atoms with Crippen molar-refractivity contribution in [2.45, 2.75) is 17.9 Å². The van der Waals surface area contributed by atoms with Crippen LogP contribution in [-0.2, 0) is 9.84 Å². The molecule has 5 heteroatoms. The zero-order chi connectivity index (χ0) is 15.5. The molecular weight excluding hydrogens is 306 g/mol. The summed E-state index contributed by atoms with van der Waals surface area (Å²) >= 11 is 5.88. The van der Waals surface area contributed by atoms with Crippen molar-refractivity contribution >= 4 is 21.4 Å². The van der Waals surface area contributed by atoms with Crippen LogP contribution in [0.4, 0.5) is 0 Å². The van der Waals surface area contributed by atoms with Crippen LogP contribution in [-0.4, -0.2) is 21.2 Å². The summed E-state index contributed by atoms with van der Waals surface area (Å²) in [6.07, 6.45) is 0. The lowest BCUT2D eigenvalue weighted by atomic mass is 10.1. The third-order valence-corrected chi connectivity index (χ3v) is 5.35. The van der Waals surface area contributed by atoms with E-state index in [2.05, 4.69) is 5.32 Å². The average Bonchev–Trinajstić information content (AvgIpc) is 2.46. The molecule has 0 heterocycles. The molecule has 1 atom stereocenters. The Balaban J connectivity index is 2.27. The molecule has 2 aromatic rings. The minimum Gasteiger partial charge on any atom is -0.312 e. The molecule has 0 aliphatic carbocycles. The summed E-state index contributed by atoms with van der Waals surface area (Å²) in [7, 11) is -1.64. The Kier molecular flexibility index (Phi) is 5.04. The van der Waals surface area contributed by atoms with Crippen LogP contribution in [0.5, 0.6) is 0 Å². The normalized spacial score (nSPS) is 13.1. The highest BCUT2D eigenvalue weighted by Crippen LogP contribution is 2.22. The fourth-order valence-corrected chi connectivity index (χ4v) is 3.96. The summed E-state index contributed by atoms with van der Waals surface area (Å²) in [5, 5.41) is 3.49. The molecule has 0 bridgehead atoms. The predicted octanol–water partition coefficient (Wildman–Crippen LogP) is 3.38. The van der Waals surface area contributed by atoms with E-state index in [0.717, 1.165) is 11.1 Å². The first kappa shape index (κ1) is 16.0. The van der Waals surface area contributed by atoms with Gasteiger partial charge in [-0.2, -0.15) is 0 Å². The van der Waals surface area contributed by atoms with E-state index in [4.69, 9.17) is 11.6 Å². The van der Waals surface area contributed by atoms with Crippen LogP contribution in [0.2, 0.25) is 5.02 Å². The average molecular weight is 324 g/mol. The van der Waals surface area contributed by atoms with E-state index in [1.165, 1.54) is 6.07 Å². The van der Waals surface area contributed by atoms with E-state index < -0.39 is 9.84 Å². The Bertz CT molecular complexity index is 711. The quantitative estimate of drug-likeness (QED) is 0.917. The molecule has 21 heavy (non-hydrogen) atoms. The number of aryl methyl sites for hydroxylation is 1. The van der Waals surface area contributed by atoms with Crippen LogP contribution < -0.4 is 5.32 Å². The Labute approximate surface area is 130 Å². The summed E-state index contributed by atoms with van der Waals surface area (Å²) in [6.45, 7) is 2.00. The molecule has 3 nitrogen and oxygen atoms in total. The fraction of sp³-hybridized carbons (Fsp3) is 0.250. The van der Waals surface area contributed by atoms with Gasteiger partial charge in [-0.3, -0.25) is 0 Å².